The average molecular weight is 270 g/mol. The molecule has 0 radical (unpaired) electrons. The highest BCUT2D eigenvalue weighted by Crippen LogP contribution is 2.21. The van der Waals surface area contributed by atoms with Crippen LogP contribution in [0.1, 0.15) is 18.4 Å². The third-order valence-electron chi connectivity index (χ3n) is 3.11. The van der Waals surface area contributed by atoms with Crippen LogP contribution >= 0.6 is 0 Å². The predicted molar refractivity (Wildman–Crippen MR) is 69.9 cm³/mol. The fourth-order valence-electron chi connectivity index (χ4n) is 2.20. The summed E-state index contributed by atoms with van der Waals surface area (Å²) >= 11 is 0. The van der Waals surface area contributed by atoms with Crippen molar-refractivity contribution in [2.45, 2.75) is 25.6 Å². The number of aryl methyl sites for hydroxylation is 1. The summed E-state index contributed by atoms with van der Waals surface area (Å²) in [6, 6.07) is 8.00. The molecule has 1 heterocycles. The van der Waals surface area contributed by atoms with Gasteiger partial charge in [-0.3, -0.25) is 0 Å². The van der Waals surface area contributed by atoms with Crippen LogP contribution in [0.4, 0.5) is 13.2 Å². The summed E-state index contributed by atoms with van der Waals surface area (Å²) < 4.78 is 38.0. The Morgan fingerprint density at radius 2 is 1.95 bits per heavy atom. The van der Waals surface area contributed by atoms with Crippen LogP contribution in [0.25, 0.3) is 10.9 Å². The van der Waals surface area contributed by atoms with E-state index in [1.54, 1.807) is 0 Å². The van der Waals surface area contributed by atoms with Crippen molar-refractivity contribution in [1.82, 2.24) is 9.88 Å². The number of benzene rings is 1. The van der Waals surface area contributed by atoms with Gasteiger partial charge in [0, 0.05) is 37.1 Å². The standard InChI is InChI=1S/C14H17F3N2/c1-19-10-11(12-5-2-3-6-13(12)19)9-18-8-4-7-14(15,16)17/h2-3,5-6,10,18H,4,7-9H2,1H3. The molecule has 0 bridgehead atoms. The number of rotatable bonds is 5. The van der Waals surface area contributed by atoms with Crippen LogP contribution in [0.3, 0.4) is 0 Å². The Labute approximate surface area is 110 Å². The monoisotopic (exact) mass is 270 g/mol. The van der Waals surface area contributed by atoms with Crippen molar-refractivity contribution in [2.75, 3.05) is 6.54 Å². The average Bonchev–Trinajstić information content (AvgIpc) is 2.65. The van der Waals surface area contributed by atoms with Gasteiger partial charge in [-0.05, 0) is 24.6 Å². The van der Waals surface area contributed by atoms with E-state index in [1.165, 1.54) is 0 Å². The van der Waals surface area contributed by atoms with Crippen LogP contribution in [0.2, 0.25) is 0 Å². The van der Waals surface area contributed by atoms with E-state index in [0.717, 1.165) is 16.5 Å². The van der Waals surface area contributed by atoms with E-state index in [2.05, 4.69) is 5.32 Å². The number of fused-ring (bicyclic) bond motifs is 1. The molecule has 0 amide bonds. The molecular formula is C14H17F3N2. The maximum Gasteiger partial charge on any atom is 0.389 e. The Kier molecular flexibility index (Phi) is 4.14. The van der Waals surface area contributed by atoms with Crippen molar-refractivity contribution >= 4 is 10.9 Å². The molecule has 2 rings (SSSR count). The second kappa shape index (κ2) is 5.65. The Hall–Kier alpha value is -1.49. The Balaban J connectivity index is 1.89. The summed E-state index contributed by atoms with van der Waals surface area (Å²) in [5, 5.41) is 4.21. The maximum absolute atomic E-state index is 12.0. The number of nitrogens with zero attached hydrogens (tertiary/aromatic N) is 1. The summed E-state index contributed by atoms with van der Waals surface area (Å²) in [5.74, 6) is 0. The zero-order valence-corrected chi connectivity index (χ0v) is 10.8. The van der Waals surface area contributed by atoms with Gasteiger partial charge in [0.05, 0.1) is 0 Å². The summed E-state index contributed by atoms with van der Waals surface area (Å²) in [5.41, 5.74) is 2.25. The lowest BCUT2D eigenvalue weighted by molar-refractivity contribution is -0.135. The van der Waals surface area contributed by atoms with Crippen LogP contribution in [0, 0.1) is 0 Å². The fourth-order valence-corrected chi connectivity index (χ4v) is 2.20. The molecule has 0 saturated carbocycles. The van der Waals surface area contributed by atoms with E-state index >= 15 is 0 Å². The smallest absolute Gasteiger partial charge is 0.350 e. The number of hydrogen-bond acceptors (Lipinski definition) is 1. The second-order valence-corrected chi connectivity index (χ2v) is 4.68. The number of halogens is 3. The highest BCUT2D eigenvalue weighted by Gasteiger charge is 2.25. The van der Waals surface area contributed by atoms with E-state index in [0.29, 0.717) is 13.1 Å². The van der Waals surface area contributed by atoms with Crippen LogP contribution in [0.15, 0.2) is 30.5 Å². The molecular weight excluding hydrogens is 253 g/mol. The third-order valence-corrected chi connectivity index (χ3v) is 3.11. The molecule has 0 unspecified atom stereocenters. The largest absolute Gasteiger partial charge is 0.389 e. The zero-order valence-electron chi connectivity index (χ0n) is 10.8. The van der Waals surface area contributed by atoms with Crippen molar-refractivity contribution in [2.24, 2.45) is 7.05 Å². The topological polar surface area (TPSA) is 17.0 Å². The van der Waals surface area contributed by atoms with Gasteiger partial charge in [-0.2, -0.15) is 13.2 Å². The number of alkyl halides is 3. The summed E-state index contributed by atoms with van der Waals surface area (Å²) in [6.07, 6.45) is -2.65. The maximum atomic E-state index is 12.0. The summed E-state index contributed by atoms with van der Waals surface area (Å²) in [4.78, 5) is 0. The van der Waals surface area contributed by atoms with Gasteiger partial charge in [0.25, 0.3) is 0 Å². The number of aromatic nitrogens is 1. The van der Waals surface area contributed by atoms with E-state index in [4.69, 9.17) is 0 Å². The molecule has 104 valence electrons. The van der Waals surface area contributed by atoms with Crippen molar-refractivity contribution < 1.29 is 13.2 Å². The summed E-state index contributed by atoms with van der Waals surface area (Å²) in [6.45, 7) is 0.974. The Bertz CT molecular complexity index is 543. The van der Waals surface area contributed by atoms with Crippen molar-refractivity contribution in [3.05, 3.63) is 36.0 Å². The van der Waals surface area contributed by atoms with Gasteiger partial charge in [-0.1, -0.05) is 18.2 Å². The van der Waals surface area contributed by atoms with Crippen molar-refractivity contribution in [3.63, 3.8) is 0 Å². The fraction of sp³-hybridized carbons (Fsp3) is 0.429. The van der Waals surface area contributed by atoms with Gasteiger partial charge in [-0.15, -0.1) is 0 Å². The lowest BCUT2D eigenvalue weighted by Crippen LogP contribution is -2.17. The molecule has 1 N–H and O–H groups in total. The minimum atomic E-state index is -4.05. The van der Waals surface area contributed by atoms with E-state index < -0.39 is 12.6 Å². The van der Waals surface area contributed by atoms with E-state index in [-0.39, 0.29) is 6.42 Å². The van der Waals surface area contributed by atoms with Gasteiger partial charge in [0.15, 0.2) is 0 Å². The van der Waals surface area contributed by atoms with Gasteiger partial charge < -0.3 is 9.88 Å². The molecule has 2 nitrogen and oxygen atoms in total. The summed E-state index contributed by atoms with van der Waals surface area (Å²) in [7, 11) is 1.97. The number of hydrogen-bond donors (Lipinski definition) is 1. The van der Waals surface area contributed by atoms with Gasteiger partial charge >= 0.3 is 6.18 Å². The predicted octanol–water partition coefficient (Wildman–Crippen LogP) is 3.61. The molecule has 0 aliphatic heterocycles. The molecule has 1 aromatic heterocycles. The lowest BCUT2D eigenvalue weighted by atomic mass is 10.2. The first-order chi connectivity index (χ1) is 8.97. The van der Waals surface area contributed by atoms with Crippen LogP contribution in [-0.4, -0.2) is 17.3 Å². The molecule has 0 spiro atoms. The van der Waals surface area contributed by atoms with Gasteiger partial charge in [0.1, 0.15) is 0 Å². The zero-order chi connectivity index (χ0) is 13.9. The molecule has 19 heavy (non-hydrogen) atoms. The minimum Gasteiger partial charge on any atom is -0.350 e. The van der Waals surface area contributed by atoms with Crippen LogP contribution in [0.5, 0.6) is 0 Å². The van der Waals surface area contributed by atoms with Crippen molar-refractivity contribution in [3.8, 4) is 0 Å². The molecule has 0 aliphatic rings. The van der Waals surface area contributed by atoms with Crippen molar-refractivity contribution in [1.29, 1.82) is 0 Å². The SMILES string of the molecule is Cn1cc(CNCCCC(F)(F)F)c2ccccc21. The van der Waals surface area contributed by atoms with Gasteiger partial charge in [0.2, 0.25) is 0 Å². The molecule has 0 saturated heterocycles. The highest BCUT2D eigenvalue weighted by molar-refractivity contribution is 5.83. The molecule has 0 aliphatic carbocycles. The molecule has 1 aromatic carbocycles. The normalized spacial score (nSPS) is 12.2. The third kappa shape index (κ3) is 3.73. The highest BCUT2D eigenvalue weighted by atomic mass is 19.4. The van der Waals surface area contributed by atoms with E-state index in [9.17, 15) is 13.2 Å². The van der Waals surface area contributed by atoms with Gasteiger partial charge in [-0.25, -0.2) is 0 Å². The lowest BCUT2D eigenvalue weighted by Gasteiger charge is -2.06. The van der Waals surface area contributed by atoms with Crippen LogP contribution in [-0.2, 0) is 13.6 Å². The minimum absolute atomic E-state index is 0.119. The first-order valence-electron chi connectivity index (χ1n) is 6.28. The first kappa shape index (κ1) is 13.9. The second-order valence-electron chi connectivity index (χ2n) is 4.68. The number of nitrogens with one attached hydrogen (secondary N) is 1. The van der Waals surface area contributed by atoms with E-state index in [1.807, 2.05) is 42.1 Å². The number of para-hydroxylation sites is 1. The Morgan fingerprint density at radius 1 is 1.21 bits per heavy atom. The molecule has 5 heteroatoms. The molecule has 2 aromatic rings. The van der Waals surface area contributed by atoms with Crippen LogP contribution < -0.4 is 5.32 Å². The quantitative estimate of drug-likeness (QED) is 0.821. The molecule has 0 fully saturated rings. The molecule has 0 atom stereocenters. The Morgan fingerprint density at radius 3 is 2.68 bits per heavy atom. The first-order valence-corrected chi connectivity index (χ1v) is 6.28.